The Morgan fingerprint density at radius 1 is 1.47 bits per heavy atom. The van der Waals surface area contributed by atoms with Crippen molar-refractivity contribution in [2.24, 2.45) is 5.92 Å². The minimum absolute atomic E-state index is 0.0710. The van der Waals surface area contributed by atoms with Crippen LogP contribution in [0.1, 0.15) is 42.4 Å². The highest BCUT2D eigenvalue weighted by molar-refractivity contribution is 7.09. The van der Waals surface area contributed by atoms with Crippen molar-refractivity contribution in [2.75, 3.05) is 19.8 Å². The SMILES string of the molecule is Cc1csc([C@H]2CCCCN2C(=O)[C@H]2CCOC2)n1. The Kier molecular flexibility index (Phi) is 3.84. The highest BCUT2D eigenvalue weighted by Gasteiger charge is 2.35. The lowest BCUT2D eigenvalue weighted by atomic mass is 9.99. The lowest BCUT2D eigenvalue weighted by molar-refractivity contribution is -0.139. The minimum atomic E-state index is 0.0710. The molecule has 1 aromatic heterocycles. The quantitative estimate of drug-likeness (QED) is 0.836. The molecule has 0 aromatic carbocycles. The molecule has 3 heterocycles. The van der Waals surface area contributed by atoms with E-state index in [0.717, 1.165) is 43.1 Å². The summed E-state index contributed by atoms with van der Waals surface area (Å²) in [5.74, 6) is 0.344. The maximum absolute atomic E-state index is 12.6. The van der Waals surface area contributed by atoms with Gasteiger partial charge in [-0.15, -0.1) is 11.3 Å². The Morgan fingerprint density at radius 2 is 2.37 bits per heavy atom. The van der Waals surface area contributed by atoms with Gasteiger partial charge in [0.2, 0.25) is 5.91 Å². The first kappa shape index (κ1) is 13.1. The van der Waals surface area contributed by atoms with E-state index in [0.29, 0.717) is 6.61 Å². The van der Waals surface area contributed by atoms with Crippen LogP contribution in [0.5, 0.6) is 0 Å². The zero-order valence-corrected chi connectivity index (χ0v) is 12.1. The van der Waals surface area contributed by atoms with Gasteiger partial charge in [-0.05, 0) is 32.6 Å². The lowest BCUT2D eigenvalue weighted by Gasteiger charge is -2.36. The first-order chi connectivity index (χ1) is 9.25. The van der Waals surface area contributed by atoms with Crippen LogP contribution >= 0.6 is 11.3 Å². The topological polar surface area (TPSA) is 42.4 Å². The summed E-state index contributed by atoms with van der Waals surface area (Å²) in [4.78, 5) is 19.3. The standard InChI is InChI=1S/C14H20N2O2S/c1-10-9-19-13(15-10)12-4-2-3-6-16(12)14(17)11-5-7-18-8-11/h9,11-12H,2-8H2,1H3/t11-,12+/m0/s1. The van der Waals surface area contributed by atoms with Gasteiger partial charge in [-0.2, -0.15) is 0 Å². The fourth-order valence-corrected chi connectivity index (χ4v) is 3.88. The van der Waals surface area contributed by atoms with E-state index in [4.69, 9.17) is 4.74 Å². The molecular formula is C14H20N2O2S. The number of aromatic nitrogens is 1. The maximum atomic E-state index is 12.6. The molecule has 1 aromatic rings. The van der Waals surface area contributed by atoms with Crippen molar-refractivity contribution >= 4 is 17.2 Å². The smallest absolute Gasteiger partial charge is 0.228 e. The fourth-order valence-electron chi connectivity index (χ4n) is 2.94. The Morgan fingerprint density at radius 3 is 3.05 bits per heavy atom. The van der Waals surface area contributed by atoms with Crippen LogP contribution in [0.3, 0.4) is 0 Å². The van der Waals surface area contributed by atoms with E-state index in [1.807, 2.05) is 6.92 Å². The van der Waals surface area contributed by atoms with Crippen LogP contribution in [0, 0.1) is 12.8 Å². The van der Waals surface area contributed by atoms with Crippen LogP contribution in [0.2, 0.25) is 0 Å². The van der Waals surface area contributed by atoms with E-state index in [9.17, 15) is 4.79 Å². The van der Waals surface area contributed by atoms with Crippen LogP contribution in [-0.2, 0) is 9.53 Å². The van der Waals surface area contributed by atoms with Gasteiger partial charge in [0.05, 0.1) is 18.6 Å². The predicted octanol–water partition coefficient (Wildman–Crippen LogP) is 2.54. The van der Waals surface area contributed by atoms with Crippen LogP contribution in [0.4, 0.5) is 0 Å². The number of piperidine rings is 1. The summed E-state index contributed by atoms with van der Waals surface area (Å²) in [6, 6.07) is 0.195. The molecule has 0 radical (unpaired) electrons. The van der Waals surface area contributed by atoms with Gasteiger partial charge in [0, 0.05) is 24.2 Å². The Labute approximate surface area is 117 Å². The first-order valence-corrected chi connectivity index (χ1v) is 7.94. The second-order valence-corrected chi connectivity index (χ2v) is 6.32. The molecule has 0 aliphatic carbocycles. The Balaban J connectivity index is 1.78. The number of aryl methyl sites for hydroxylation is 1. The molecule has 0 N–H and O–H groups in total. The molecule has 19 heavy (non-hydrogen) atoms. The highest BCUT2D eigenvalue weighted by Crippen LogP contribution is 2.34. The van der Waals surface area contributed by atoms with Gasteiger partial charge in [-0.1, -0.05) is 0 Å². The number of carbonyl (C=O) groups is 1. The summed E-state index contributed by atoms with van der Waals surface area (Å²) < 4.78 is 5.35. The van der Waals surface area contributed by atoms with Crippen molar-refractivity contribution in [3.05, 3.63) is 16.1 Å². The molecular weight excluding hydrogens is 260 g/mol. The largest absolute Gasteiger partial charge is 0.381 e. The molecule has 4 nitrogen and oxygen atoms in total. The second-order valence-electron chi connectivity index (χ2n) is 5.43. The minimum Gasteiger partial charge on any atom is -0.381 e. The summed E-state index contributed by atoms with van der Waals surface area (Å²) in [5, 5.41) is 3.18. The van der Waals surface area contributed by atoms with Crippen LogP contribution in [0.15, 0.2) is 5.38 Å². The van der Waals surface area contributed by atoms with Crippen molar-refractivity contribution in [1.29, 1.82) is 0 Å². The summed E-state index contributed by atoms with van der Waals surface area (Å²) in [6.45, 7) is 4.21. The molecule has 0 spiro atoms. The summed E-state index contributed by atoms with van der Waals surface area (Å²) >= 11 is 1.68. The molecule has 2 atom stereocenters. The molecule has 5 heteroatoms. The van der Waals surface area contributed by atoms with Crippen molar-refractivity contribution in [3.63, 3.8) is 0 Å². The second kappa shape index (κ2) is 5.59. The number of likely N-dealkylation sites (tertiary alicyclic amines) is 1. The Bertz CT molecular complexity index is 454. The van der Waals surface area contributed by atoms with Crippen molar-refractivity contribution in [1.82, 2.24) is 9.88 Å². The van der Waals surface area contributed by atoms with Gasteiger partial charge >= 0.3 is 0 Å². The van der Waals surface area contributed by atoms with Crippen molar-refractivity contribution in [2.45, 2.75) is 38.6 Å². The zero-order valence-electron chi connectivity index (χ0n) is 11.3. The molecule has 3 rings (SSSR count). The fraction of sp³-hybridized carbons (Fsp3) is 0.714. The summed E-state index contributed by atoms with van der Waals surface area (Å²) in [6.07, 6.45) is 4.22. The first-order valence-electron chi connectivity index (χ1n) is 7.06. The zero-order chi connectivity index (χ0) is 13.2. The van der Waals surface area contributed by atoms with Crippen LogP contribution in [-0.4, -0.2) is 35.5 Å². The van der Waals surface area contributed by atoms with Gasteiger partial charge in [0.25, 0.3) is 0 Å². The normalized spacial score (nSPS) is 27.7. The van der Waals surface area contributed by atoms with Gasteiger partial charge in [-0.3, -0.25) is 4.79 Å². The van der Waals surface area contributed by atoms with E-state index in [-0.39, 0.29) is 17.9 Å². The average Bonchev–Trinajstić information content (AvgIpc) is 3.09. The van der Waals surface area contributed by atoms with Crippen LogP contribution in [0.25, 0.3) is 0 Å². The van der Waals surface area contributed by atoms with Gasteiger partial charge in [0.1, 0.15) is 5.01 Å². The Hall–Kier alpha value is -0.940. The van der Waals surface area contributed by atoms with E-state index in [1.54, 1.807) is 11.3 Å². The molecule has 0 unspecified atom stereocenters. The lowest BCUT2D eigenvalue weighted by Crippen LogP contribution is -2.42. The molecule has 0 saturated carbocycles. The van der Waals surface area contributed by atoms with Gasteiger partial charge in [-0.25, -0.2) is 4.98 Å². The summed E-state index contributed by atoms with van der Waals surface area (Å²) in [5.41, 5.74) is 1.06. The van der Waals surface area contributed by atoms with Crippen molar-refractivity contribution in [3.8, 4) is 0 Å². The molecule has 2 aliphatic heterocycles. The third-order valence-electron chi connectivity index (χ3n) is 3.99. The molecule has 2 fully saturated rings. The molecule has 2 saturated heterocycles. The van der Waals surface area contributed by atoms with Gasteiger partial charge in [0.15, 0.2) is 0 Å². The number of amides is 1. The highest BCUT2D eigenvalue weighted by atomic mass is 32.1. The number of hydrogen-bond donors (Lipinski definition) is 0. The molecule has 104 valence electrons. The van der Waals surface area contributed by atoms with Crippen LogP contribution < -0.4 is 0 Å². The maximum Gasteiger partial charge on any atom is 0.228 e. The molecule has 0 bridgehead atoms. The van der Waals surface area contributed by atoms with E-state index < -0.39 is 0 Å². The average molecular weight is 280 g/mol. The third-order valence-corrected chi connectivity index (χ3v) is 5.05. The number of rotatable bonds is 2. The van der Waals surface area contributed by atoms with Crippen molar-refractivity contribution < 1.29 is 9.53 Å². The van der Waals surface area contributed by atoms with E-state index in [2.05, 4.69) is 15.3 Å². The third kappa shape index (κ3) is 2.67. The number of nitrogens with zero attached hydrogens (tertiary/aromatic N) is 2. The summed E-state index contributed by atoms with van der Waals surface area (Å²) in [7, 11) is 0. The monoisotopic (exact) mass is 280 g/mol. The number of ether oxygens (including phenoxy) is 1. The number of carbonyl (C=O) groups excluding carboxylic acids is 1. The van der Waals surface area contributed by atoms with E-state index in [1.165, 1.54) is 6.42 Å². The predicted molar refractivity (Wildman–Crippen MR) is 74.1 cm³/mol. The molecule has 1 amide bonds. The van der Waals surface area contributed by atoms with Gasteiger partial charge < -0.3 is 9.64 Å². The van der Waals surface area contributed by atoms with E-state index >= 15 is 0 Å². The molecule has 2 aliphatic rings. The number of hydrogen-bond acceptors (Lipinski definition) is 4. The number of thiazole rings is 1.